The van der Waals surface area contributed by atoms with Crippen LogP contribution in [0.3, 0.4) is 0 Å². The normalized spacial score (nSPS) is 22.4. The maximum absolute atomic E-state index is 13.1. The van der Waals surface area contributed by atoms with Gasteiger partial charge in [0.25, 0.3) is 5.24 Å². The van der Waals surface area contributed by atoms with Gasteiger partial charge in [-0.2, -0.15) is 5.26 Å². The summed E-state index contributed by atoms with van der Waals surface area (Å²) in [6.07, 6.45) is 3.36. The molecule has 33 heavy (non-hydrogen) atoms. The Morgan fingerprint density at radius 2 is 1.85 bits per heavy atom. The first kappa shape index (κ1) is 25.5. The van der Waals surface area contributed by atoms with Crippen molar-refractivity contribution in [2.45, 2.75) is 84.3 Å². The van der Waals surface area contributed by atoms with Gasteiger partial charge in [0.2, 0.25) is 11.6 Å². The molecular formula is C24H28Cl2N2O5. The fourth-order valence-corrected chi connectivity index (χ4v) is 5.50. The molecule has 0 radical (unpaired) electrons. The van der Waals surface area contributed by atoms with Gasteiger partial charge in [0.15, 0.2) is 0 Å². The molecule has 1 saturated carbocycles. The lowest BCUT2D eigenvalue weighted by molar-refractivity contribution is -0.156. The van der Waals surface area contributed by atoms with E-state index in [0.29, 0.717) is 44.3 Å². The molecule has 1 aliphatic carbocycles. The van der Waals surface area contributed by atoms with Crippen LogP contribution in [-0.4, -0.2) is 32.9 Å². The van der Waals surface area contributed by atoms with E-state index < -0.39 is 27.8 Å². The van der Waals surface area contributed by atoms with Gasteiger partial charge in [-0.15, -0.1) is 0 Å². The van der Waals surface area contributed by atoms with Crippen LogP contribution in [-0.2, 0) is 27.3 Å². The maximum Gasteiger partial charge on any atom is 0.306 e. The Morgan fingerprint density at radius 1 is 1.21 bits per heavy atom. The molecule has 9 heteroatoms. The highest BCUT2D eigenvalue weighted by Crippen LogP contribution is 2.43. The molecule has 7 nitrogen and oxygen atoms in total. The highest BCUT2D eigenvalue weighted by Gasteiger charge is 2.41. The molecular weight excluding hydrogens is 467 g/mol. The Balaban J connectivity index is 1.69. The summed E-state index contributed by atoms with van der Waals surface area (Å²) in [4.78, 5) is 50.0. The highest BCUT2D eigenvalue weighted by molar-refractivity contribution is 6.69. The lowest BCUT2D eigenvalue weighted by atomic mass is 9.68. The van der Waals surface area contributed by atoms with E-state index in [-0.39, 0.29) is 41.0 Å². The number of nitriles is 1. The van der Waals surface area contributed by atoms with E-state index in [9.17, 15) is 24.4 Å². The predicted molar refractivity (Wildman–Crippen MR) is 122 cm³/mol. The van der Waals surface area contributed by atoms with Crippen LogP contribution in [0.1, 0.15) is 92.3 Å². The molecule has 1 fully saturated rings. The van der Waals surface area contributed by atoms with E-state index in [1.54, 1.807) is 4.57 Å². The van der Waals surface area contributed by atoms with Crippen LogP contribution < -0.4 is 0 Å². The monoisotopic (exact) mass is 494 g/mol. The number of hydrogen-bond acceptors (Lipinski definition) is 6. The minimum absolute atomic E-state index is 0.00938. The van der Waals surface area contributed by atoms with Crippen molar-refractivity contribution in [3.05, 3.63) is 22.0 Å². The van der Waals surface area contributed by atoms with Gasteiger partial charge in [-0.1, -0.05) is 11.6 Å². The Hall–Kier alpha value is -2.17. The van der Waals surface area contributed by atoms with Crippen molar-refractivity contribution in [3.8, 4) is 6.07 Å². The zero-order chi connectivity index (χ0) is 24.6. The van der Waals surface area contributed by atoms with Gasteiger partial charge < -0.3 is 9.30 Å². The maximum atomic E-state index is 13.1. The number of ether oxygens (including phenoxy) is 1. The molecule has 0 spiro atoms. The van der Waals surface area contributed by atoms with Gasteiger partial charge in [0.05, 0.1) is 22.1 Å². The molecule has 0 bridgehead atoms. The van der Waals surface area contributed by atoms with E-state index >= 15 is 0 Å². The summed E-state index contributed by atoms with van der Waals surface area (Å²) in [6.45, 7) is 5.92. The molecule has 1 aromatic rings. The number of fused-ring (bicyclic) bond motifs is 1. The van der Waals surface area contributed by atoms with Gasteiger partial charge in [0, 0.05) is 25.1 Å². The smallest absolute Gasteiger partial charge is 0.306 e. The summed E-state index contributed by atoms with van der Waals surface area (Å²) < 4.78 is 6.99. The average molecular weight is 495 g/mol. The number of hydrogen-bond donors (Lipinski definition) is 0. The first-order valence-electron chi connectivity index (χ1n) is 11.2. The zero-order valence-electron chi connectivity index (χ0n) is 19.1. The quantitative estimate of drug-likeness (QED) is 0.227. The van der Waals surface area contributed by atoms with Crippen molar-refractivity contribution < 1.29 is 23.9 Å². The van der Waals surface area contributed by atoms with Crippen LogP contribution in [0.5, 0.6) is 0 Å². The van der Waals surface area contributed by atoms with Gasteiger partial charge >= 0.3 is 5.97 Å². The van der Waals surface area contributed by atoms with Crippen LogP contribution >= 0.6 is 23.2 Å². The van der Waals surface area contributed by atoms with Crippen LogP contribution in [0.4, 0.5) is 0 Å². The number of nitrogens with zero attached hydrogens (tertiary/aromatic N) is 2. The first-order chi connectivity index (χ1) is 15.4. The van der Waals surface area contributed by atoms with E-state index in [1.165, 1.54) is 0 Å². The van der Waals surface area contributed by atoms with Crippen molar-refractivity contribution in [2.24, 2.45) is 11.3 Å². The van der Waals surface area contributed by atoms with E-state index in [1.807, 2.05) is 20.8 Å². The fourth-order valence-electron chi connectivity index (χ4n) is 4.87. The van der Waals surface area contributed by atoms with Gasteiger partial charge in [0.1, 0.15) is 11.3 Å². The minimum atomic E-state index is -0.963. The molecule has 2 aliphatic rings. The molecule has 3 rings (SSSR count). The van der Waals surface area contributed by atoms with Crippen LogP contribution in [0.15, 0.2) is 0 Å². The SMILES string of the molecule is CC(C)(C)OC(=O)CC1CCC(C#N)(CC(=O)C(=O)c2c(Cl)c(C(=O)Cl)c3n2CCC3)CC1. The molecule has 0 amide bonds. The Kier molecular flexibility index (Phi) is 7.40. The van der Waals surface area contributed by atoms with Crippen molar-refractivity contribution in [2.75, 3.05) is 0 Å². The fraction of sp³-hybridized carbons (Fsp3) is 0.625. The van der Waals surface area contributed by atoms with Crippen molar-refractivity contribution in [1.29, 1.82) is 5.26 Å². The third-order valence-corrected chi connectivity index (χ3v) is 7.00. The Labute approximate surface area is 203 Å². The second kappa shape index (κ2) is 9.60. The summed E-state index contributed by atoms with van der Waals surface area (Å²) >= 11 is 12.0. The summed E-state index contributed by atoms with van der Waals surface area (Å²) in [5.41, 5.74) is -0.860. The zero-order valence-corrected chi connectivity index (χ0v) is 20.6. The number of carbonyl (C=O) groups is 4. The van der Waals surface area contributed by atoms with E-state index in [2.05, 4.69) is 6.07 Å². The molecule has 0 aromatic carbocycles. The minimum Gasteiger partial charge on any atom is -0.460 e. The second-order valence-electron chi connectivity index (χ2n) is 10.1. The Morgan fingerprint density at radius 3 is 2.39 bits per heavy atom. The van der Waals surface area contributed by atoms with Gasteiger partial charge in [-0.25, -0.2) is 0 Å². The number of aromatic nitrogens is 1. The van der Waals surface area contributed by atoms with Crippen LogP contribution in [0, 0.1) is 22.7 Å². The average Bonchev–Trinajstić information content (AvgIpc) is 3.26. The molecule has 0 N–H and O–H groups in total. The summed E-state index contributed by atoms with van der Waals surface area (Å²) in [6, 6.07) is 2.25. The third kappa shape index (κ3) is 5.50. The van der Waals surface area contributed by atoms with Crippen molar-refractivity contribution in [3.63, 3.8) is 0 Å². The van der Waals surface area contributed by atoms with E-state index in [4.69, 9.17) is 27.9 Å². The topological polar surface area (TPSA) is 106 Å². The molecule has 2 heterocycles. The predicted octanol–water partition coefficient (Wildman–Crippen LogP) is 5.04. The molecule has 0 unspecified atom stereocenters. The van der Waals surface area contributed by atoms with Crippen LogP contribution in [0.25, 0.3) is 0 Å². The summed E-state index contributed by atoms with van der Waals surface area (Å²) in [5.74, 6) is -1.69. The molecule has 1 aromatic heterocycles. The lowest BCUT2D eigenvalue weighted by Gasteiger charge is -2.34. The van der Waals surface area contributed by atoms with Gasteiger partial charge in [-0.05, 0) is 76.8 Å². The molecule has 1 aliphatic heterocycles. The standard InChI is InChI=1S/C24H28Cl2N2O5/c1-23(2,3)33-17(30)11-14-6-8-24(13-27,9-7-14)12-16(29)21(31)20-19(25)18(22(26)32)15-5-4-10-28(15)20/h14H,4-12H2,1-3H3. The molecule has 0 saturated heterocycles. The molecule has 0 atom stereocenters. The van der Waals surface area contributed by atoms with Crippen molar-refractivity contribution >= 4 is 46.0 Å². The number of ketones is 2. The summed E-state index contributed by atoms with van der Waals surface area (Å²) in [7, 11) is 0. The third-order valence-electron chi connectivity index (χ3n) is 6.45. The van der Waals surface area contributed by atoms with E-state index in [0.717, 1.165) is 6.42 Å². The number of esters is 1. The largest absolute Gasteiger partial charge is 0.460 e. The number of rotatable bonds is 7. The number of Topliss-reactive ketones (excluding diaryl/α,β-unsaturated/α-hetero) is 2. The number of carbonyl (C=O) groups excluding carboxylic acids is 4. The molecule has 178 valence electrons. The van der Waals surface area contributed by atoms with Gasteiger partial charge in [-0.3, -0.25) is 19.2 Å². The summed E-state index contributed by atoms with van der Waals surface area (Å²) in [5, 5.41) is 9.01. The van der Waals surface area contributed by atoms with Crippen LogP contribution in [0.2, 0.25) is 5.02 Å². The van der Waals surface area contributed by atoms with Crippen molar-refractivity contribution in [1.82, 2.24) is 4.57 Å². The first-order valence-corrected chi connectivity index (χ1v) is 11.9. The highest BCUT2D eigenvalue weighted by atomic mass is 35.5. The second-order valence-corrected chi connectivity index (χ2v) is 10.8. The Bertz CT molecular complexity index is 1040. The number of halogens is 2. The lowest BCUT2D eigenvalue weighted by Crippen LogP contribution is -2.33.